The Morgan fingerprint density at radius 2 is 1.81 bits per heavy atom. The Kier molecular flexibility index (Phi) is 7.60. The van der Waals surface area contributed by atoms with E-state index in [2.05, 4.69) is 5.10 Å². The fraction of sp³-hybridized carbons (Fsp3) is 0.607. The van der Waals surface area contributed by atoms with Gasteiger partial charge in [0, 0.05) is 49.9 Å². The summed E-state index contributed by atoms with van der Waals surface area (Å²) >= 11 is 0. The second kappa shape index (κ2) is 10.9. The summed E-state index contributed by atoms with van der Waals surface area (Å²) in [5.41, 5.74) is 2.84. The normalized spacial score (nSPS) is 22.4. The Hall–Kier alpha value is -2.81. The lowest BCUT2D eigenvalue weighted by Gasteiger charge is -2.35. The maximum atomic E-state index is 14.1. The van der Waals surface area contributed by atoms with Crippen LogP contribution in [0.25, 0.3) is 0 Å². The van der Waals surface area contributed by atoms with E-state index in [9.17, 15) is 18.4 Å². The second-order valence-corrected chi connectivity index (χ2v) is 10.9. The monoisotopic (exact) mass is 514 g/mol. The first-order chi connectivity index (χ1) is 17.8. The highest BCUT2D eigenvalue weighted by Gasteiger charge is 2.33. The van der Waals surface area contributed by atoms with E-state index in [-0.39, 0.29) is 30.4 Å². The van der Waals surface area contributed by atoms with Crippen molar-refractivity contribution in [2.24, 2.45) is 5.92 Å². The highest BCUT2D eigenvalue weighted by atomic mass is 19.1. The number of amides is 1. The SMILES string of the molecule is C[C@@H]1CN(C(=O)c2nn(CC(=O)CCC3CCN(c4cc(F)ccc4F)CC3)c3c2CCC3)C[C@H](C)O1. The van der Waals surface area contributed by atoms with E-state index in [0.29, 0.717) is 49.9 Å². The average Bonchev–Trinajstić information content (AvgIpc) is 3.47. The van der Waals surface area contributed by atoms with E-state index >= 15 is 0 Å². The van der Waals surface area contributed by atoms with Crippen LogP contribution in [-0.4, -0.2) is 64.8 Å². The van der Waals surface area contributed by atoms with Gasteiger partial charge in [-0.3, -0.25) is 14.3 Å². The van der Waals surface area contributed by atoms with Crippen LogP contribution >= 0.6 is 0 Å². The number of nitrogens with zero attached hydrogens (tertiary/aromatic N) is 4. The predicted octanol–water partition coefficient (Wildman–Crippen LogP) is 4.17. The number of fused-ring (bicyclic) bond motifs is 1. The summed E-state index contributed by atoms with van der Waals surface area (Å²) in [5.74, 6) is -0.413. The third-order valence-corrected chi connectivity index (χ3v) is 7.94. The Labute approximate surface area is 216 Å². The van der Waals surface area contributed by atoms with Gasteiger partial charge in [-0.15, -0.1) is 0 Å². The number of ether oxygens (including phenoxy) is 1. The molecule has 200 valence electrons. The van der Waals surface area contributed by atoms with E-state index in [1.165, 1.54) is 12.1 Å². The minimum atomic E-state index is -0.437. The largest absolute Gasteiger partial charge is 0.372 e. The third kappa shape index (κ3) is 5.71. The summed E-state index contributed by atoms with van der Waals surface area (Å²) in [7, 11) is 0. The van der Waals surface area contributed by atoms with Crippen LogP contribution in [0.5, 0.6) is 0 Å². The number of anilines is 1. The number of aromatic nitrogens is 2. The van der Waals surface area contributed by atoms with Crippen molar-refractivity contribution in [3.63, 3.8) is 0 Å². The molecule has 3 aliphatic rings. The van der Waals surface area contributed by atoms with Crippen LogP contribution in [0.3, 0.4) is 0 Å². The Bertz CT molecular complexity index is 1150. The van der Waals surface area contributed by atoms with Crippen LogP contribution in [-0.2, 0) is 28.9 Å². The zero-order chi connectivity index (χ0) is 26.1. The molecule has 5 rings (SSSR count). The van der Waals surface area contributed by atoms with Crippen molar-refractivity contribution in [3.8, 4) is 0 Å². The summed E-state index contributed by atoms with van der Waals surface area (Å²) in [4.78, 5) is 29.9. The number of rotatable bonds is 7. The standard InChI is InChI=1S/C28H36F2N4O3/c1-18-15-33(16-19(2)37-18)28(36)27-23-4-3-5-25(23)34(31-27)17-22(35)8-6-20-10-12-32(13-11-20)26-14-21(29)7-9-24(26)30/h7,9,14,18-20H,3-6,8,10-13,15-17H2,1-2H3/t18-,19+. The van der Waals surface area contributed by atoms with E-state index in [4.69, 9.17) is 4.74 Å². The molecule has 9 heteroatoms. The molecule has 2 fully saturated rings. The summed E-state index contributed by atoms with van der Waals surface area (Å²) < 4.78 is 35.2. The number of carbonyl (C=O) groups is 2. The highest BCUT2D eigenvalue weighted by molar-refractivity contribution is 5.94. The number of Topliss-reactive ketones (excluding diaryl/α,β-unsaturated/α-hetero) is 1. The van der Waals surface area contributed by atoms with Gasteiger partial charge in [-0.1, -0.05) is 0 Å². The minimum Gasteiger partial charge on any atom is -0.372 e. The van der Waals surface area contributed by atoms with Crippen molar-refractivity contribution in [1.29, 1.82) is 0 Å². The molecule has 2 aliphatic heterocycles. The molecule has 0 spiro atoms. The zero-order valence-electron chi connectivity index (χ0n) is 21.7. The van der Waals surface area contributed by atoms with Gasteiger partial charge in [-0.05, 0) is 70.4 Å². The molecule has 2 aromatic rings. The molecule has 1 amide bonds. The molecule has 0 radical (unpaired) electrons. The van der Waals surface area contributed by atoms with Crippen molar-refractivity contribution in [2.45, 2.75) is 77.5 Å². The number of carbonyl (C=O) groups excluding carboxylic acids is 2. The quantitative estimate of drug-likeness (QED) is 0.555. The van der Waals surface area contributed by atoms with E-state index in [1.54, 1.807) is 4.68 Å². The van der Waals surface area contributed by atoms with Crippen molar-refractivity contribution in [2.75, 3.05) is 31.1 Å². The van der Waals surface area contributed by atoms with Crippen LogP contribution in [0.2, 0.25) is 0 Å². The van der Waals surface area contributed by atoms with E-state index in [1.807, 2.05) is 23.6 Å². The Morgan fingerprint density at radius 1 is 1.08 bits per heavy atom. The van der Waals surface area contributed by atoms with Gasteiger partial charge in [0.2, 0.25) is 0 Å². The van der Waals surface area contributed by atoms with Gasteiger partial charge in [0.05, 0.1) is 24.4 Å². The second-order valence-electron chi connectivity index (χ2n) is 10.9. The molecular formula is C28H36F2N4O3. The number of hydrogen-bond donors (Lipinski definition) is 0. The first kappa shape index (κ1) is 25.8. The van der Waals surface area contributed by atoms with Gasteiger partial charge in [0.15, 0.2) is 11.5 Å². The van der Waals surface area contributed by atoms with Crippen LogP contribution in [0.15, 0.2) is 18.2 Å². The summed E-state index contributed by atoms with van der Waals surface area (Å²) in [5, 5.41) is 4.64. The first-order valence-corrected chi connectivity index (χ1v) is 13.5. The maximum Gasteiger partial charge on any atom is 0.274 e. The molecule has 1 aromatic carbocycles. The molecular weight excluding hydrogens is 478 g/mol. The lowest BCUT2D eigenvalue weighted by molar-refractivity contribution is -0.120. The Balaban J connectivity index is 1.15. The lowest BCUT2D eigenvalue weighted by atomic mass is 9.91. The molecule has 3 heterocycles. The topological polar surface area (TPSA) is 67.7 Å². The van der Waals surface area contributed by atoms with Crippen molar-refractivity contribution in [3.05, 3.63) is 46.8 Å². The van der Waals surface area contributed by atoms with Gasteiger partial charge in [0.1, 0.15) is 11.6 Å². The van der Waals surface area contributed by atoms with Gasteiger partial charge in [0.25, 0.3) is 5.91 Å². The zero-order valence-corrected chi connectivity index (χ0v) is 21.7. The summed E-state index contributed by atoms with van der Waals surface area (Å²) in [6.45, 7) is 6.54. The molecule has 1 aromatic heterocycles. The summed E-state index contributed by atoms with van der Waals surface area (Å²) in [6.07, 6.45) is 5.53. The predicted molar refractivity (Wildman–Crippen MR) is 136 cm³/mol. The number of morpholine rings is 1. The molecule has 2 atom stereocenters. The molecule has 7 nitrogen and oxygen atoms in total. The number of benzene rings is 1. The highest BCUT2D eigenvalue weighted by Crippen LogP contribution is 2.30. The van der Waals surface area contributed by atoms with Crippen molar-refractivity contribution in [1.82, 2.24) is 14.7 Å². The lowest BCUT2D eigenvalue weighted by Crippen LogP contribution is -2.48. The third-order valence-electron chi connectivity index (χ3n) is 7.94. The molecule has 2 saturated heterocycles. The maximum absolute atomic E-state index is 14.1. The van der Waals surface area contributed by atoms with E-state index in [0.717, 1.165) is 55.8 Å². The van der Waals surface area contributed by atoms with Crippen LogP contribution in [0.4, 0.5) is 14.5 Å². The minimum absolute atomic E-state index is 0.0100. The van der Waals surface area contributed by atoms with Gasteiger partial charge in [-0.25, -0.2) is 8.78 Å². The fourth-order valence-corrected chi connectivity index (χ4v) is 6.11. The van der Waals surface area contributed by atoms with Crippen LogP contribution in [0, 0.1) is 17.6 Å². The van der Waals surface area contributed by atoms with Crippen LogP contribution < -0.4 is 4.90 Å². The number of halogens is 2. The van der Waals surface area contributed by atoms with E-state index < -0.39 is 11.6 Å². The molecule has 0 N–H and O–H groups in total. The summed E-state index contributed by atoms with van der Waals surface area (Å²) in [6, 6.07) is 3.55. The number of ketones is 1. The Morgan fingerprint density at radius 3 is 2.54 bits per heavy atom. The first-order valence-electron chi connectivity index (χ1n) is 13.5. The van der Waals surface area contributed by atoms with Gasteiger partial charge >= 0.3 is 0 Å². The van der Waals surface area contributed by atoms with Gasteiger partial charge in [-0.2, -0.15) is 5.10 Å². The smallest absolute Gasteiger partial charge is 0.274 e. The fourth-order valence-electron chi connectivity index (χ4n) is 6.11. The molecule has 0 bridgehead atoms. The molecule has 0 saturated carbocycles. The molecule has 1 aliphatic carbocycles. The molecule has 0 unspecified atom stereocenters. The number of hydrogen-bond acceptors (Lipinski definition) is 5. The van der Waals surface area contributed by atoms with Crippen molar-refractivity contribution >= 4 is 17.4 Å². The van der Waals surface area contributed by atoms with Crippen LogP contribution in [0.1, 0.15) is 67.7 Å². The van der Waals surface area contributed by atoms with Crippen molar-refractivity contribution < 1.29 is 23.1 Å². The number of piperidine rings is 1. The molecule has 37 heavy (non-hydrogen) atoms. The van der Waals surface area contributed by atoms with Gasteiger partial charge < -0.3 is 14.5 Å². The average molecular weight is 515 g/mol.